The fourth-order valence-electron chi connectivity index (χ4n) is 0.722. The van der Waals surface area contributed by atoms with Crippen LogP contribution in [0.15, 0.2) is 18.2 Å². The van der Waals surface area contributed by atoms with Gasteiger partial charge in [0.25, 0.3) is 0 Å². The molecule has 0 heterocycles. The van der Waals surface area contributed by atoms with Crippen LogP contribution >= 0.6 is 0 Å². The van der Waals surface area contributed by atoms with E-state index in [4.69, 9.17) is 26.2 Å². The van der Waals surface area contributed by atoms with Crippen LogP contribution in [0.1, 0.15) is 5.56 Å². The van der Waals surface area contributed by atoms with E-state index in [1.807, 2.05) is 0 Å². The predicted octanol–water partition coefficient (Wildman–Crippen LogP) is 1.45. The van der Waals surface area contributed by atoms with E-state index < -0.39 is 18.0 Å². The van der Waals surface area contributed by atoms with Crippen molar-refractivity contribution in [3.8, 4) is 5.75 Å². The van der Waals surface area contributed by atoms with Gasteiger partial charge in [0.1, 0.15) is 17.4 Å². The maximum Gasteiger partial charge on any atom is 0.490 e. The van der Waals surface area contributed by atoms with Crippen molar-refractivity contribution in [2.24, 2.45) is 5.73 Å². The van der Waals surface area contributed by atoms with E-state index in [0.29, 0.717) is 0 Å². The highest BCUT2D eigenvalue weighted by molar-refractivity contribution is 5.95. The topological polar surface area (TPSA) is 107 Å². The van der Waals surface area contributed by atoms with Crippen molar-refractivity contribution < 1.29 is 32.6 Å². The Morgan fingerprint density at radius 2 is 1.78 bits per heavy atom. The number of carbonyl (C=O) groups is 1. The minimum absolute atomic E-state index is 0.00259. The van der Waals surface area contributed by atoms with Crippen LogP contribution in [0, 0.1) is 11.2 Å². The summed E-state index contributed by atoms with van der Waals surface area (Å²) < 4.78 is 44.5. The van der Waals surface area contributed by atoms with Crippen molar-refractivity contribution in [3.05, 3.63) is 29.6 Å². The van der Waals surface area contributed by atoms with Gasteiger partial charge in [0.15, 0.2) is 0 Å². The molecule has 18 heavy (non-hydrogen) atoms. The summed E-state index contributed by atoms with van der Waals surface area (Å²) in [4.78, 5) is 8.90. The standard InChI is InChI=1S/C7H7FN2O.C2HF3O2/c8-6-3-4(11)1-2-5(6)7(9)10;3-2(4,5)1(6)7/h1-3,11H,(H3,9,10);(H,6,7). The SMILES string of the molecule is N=C(N)c1ccc(O)cc1F.O=C(O)C(F)(F)F. The first-order valence-electron chi connectivity index (χ1n) is 4.18. The maximum absolute atomic E-state index is 12.7. The molecular weight excluding hydrogens is 260 g/mol. The van der Waals surface area contributed by atoms with E-state index in [0.717, 1.165) is 6.07 Å². The summed E-state index contributed by atoms with van der Waals surface area (Å²) in [5.74, 6) is -3.96. The summed E-state index contributed by atoms with van der Waals surface area (Å²) in [5, 5.41) is 22.8. The number of phenols is 1. The monoisotopic (exact) mass is 268 g/mol. The highest BCUT2D eigenvalue weighted by Gasteiger charge is 2.38. The molecule has 5 nitrogen and oxygen atoms in total. The molecule has 0 unspecified atom stereocenters. The van der Waals surface area contributed by atoms with Crippen LogP contribution in [0.5, 0.6) is 5.75 Å². The number of aliphatic carboxylic acids is 1. The maximum atomic E-state index is 12.7. The molecule has 0 amide bonds. The number of phenolic OH excluding ortho intramolecular Hbond substituents is 1. The number of benzene rings is 1. The molecule has 0 aliphatic heterocycles. The minimum atomic E-state index is -5.08. The molecular formula is C9H8F4N2O3. The van der Waals surface area contributed by atoms with E-state index in [1.165, 1.54) is 12.1 Å². The normalized spacial score (nSPS) is 10.2. The van der Waals surface area contributed by atoms with Gasteiger partial charge in [-0.15, -0.1) is 0 Å². The molecule has 1 aromatic carbocycles. The van der Waals surface area contributed by atoms with Crippen LogP contribution < -0.4 is 5.73 Å². The molecule has 0 saturated heterocycles. The number of hydrogen-bond acceptors (Lipinski definition) is 3. The second-order valence-corrected chi connectivity index (χ2v) is 2.88. The molecule has 0 bridgehead atoms. The van der Waals surface area contributed by atoms with Crippen LogP contribution in [-0.2, 0) is 4.79 Å². The second kappa shape index (κ2) is 5.84. The van der Waals surface area contributed by atoms with E-state index in [9.17, 15) is 17.6 Å². The highest BCUT2D eigenvalue weighted by Crippen LogP contribution is 2.14. The Bertz CT molecular complexity index is 460. The number of amidine groups is 1. The Labute approximate surface area is 98.0 Å². The summed E-state index contributed by atoms with van der Waals surface area (Å²) in [5.41, 5.74) is 5.03. The first kappa shape index (κ1) is 15.7. The lowest BCUT2D eigenvalue weighted by molar-refractivity contribution is -0.192. The summed E-state index contributed by atoms with van der Waals surface area (Å²) >= 11 is 0. The molecule has 0 saturated carbocycles. The van der Waals surface area contributed by atoms with E-state index in [2.05, 4.69) is 0 Å². The van der Waals surface area contributed by atoms with Gasteiger partial charge in [-0.1, -0.05) is 0 Å². The number of nitrogens with two attached hydrogens (primary N) is 1. The quantitative estimate of drug-likeness (QED) is 0.351. The molecule has 0 aromatic heterocycles. The first-order chi connectivity index (χ1) is 8.05. The fraction of sp³-hybridized carbons (Fsp3) is 0.111. The number of carboxylic acid groups (broad SMARTS) is 1. The number of alkyl halides is 3. The number of nitrogen functional groups attached to an aromatic ring is 1. The summed E-state index contributed by atoms with van der Waals surface area (Å²) in [6, 6.07) is 3.45. The van der Waals surface area contributed by atoms with Crippen LogP contribution in [0.25, 0.3) is 0 Å². The van der Waals surface area contributed by atoms with Crippen molar-refractivity contribution in [3.63, 3.8) is 0 Å². The summed E-state index contributed by atoms with van der Waals surface area (Å²) in [6.45, 7) is 0. The average Bonchev–Trinajstić information content (AvgIpc) is 2.15. The van der Waals surface area contributed by atoms with Gasteiger partial charge in [0.2, 0.25) is 0 Å². The smallest absolute Gasteiger partial charge is 0.490 e. The number of rotatable bonds is 1. The molecule has 0 radical (unpaired) electrons. The molecule has 0 atom stereocenters. The largest absolute Gasteiger partial charge is 0.508 e. The van der Waals surface area contributed by atoms with E-state index in [-0.39, 0.29) is 17.1 Å². The first-order valence-corrected chi connectivity index (χ1v) is 4.18. The van der Waals surface area contributed by atoms with Gasteiger partial charge in [-0.2, -0.15) is 13.2 Å². The lowest BCUT2D eigenvalue weighted by atomic mass is 10.2. The van der Waals surface area contributed by atoms with Gasteiger partial charge < -0.3 is 15.9 Å². The molecule has 0 aliphatic carbocycles. The Kier molecular flexibility index (Phi) is 5.09. The van der Waals surface area contributed by atoms with Crippen LogP contribution in [0.3, 0.4) is 0 Å². The van der Waals surface area contributed by atoms with Gasteiger partial charge >= 0.3 is 12.1 Å². The zero-order valence-electron chi connectivity index (χ0n) is 8.62. The number of hydrogen-bond donors (Lipinski definition) is 4. The number of halogens is 4. The number of carboxylic acids is 1. The van der Waals surface area contributed by atoms with Crippen molar-refractivity contribution in [2.75, 3.05) is 0 Å². The van der Waals surface area contributed by atoms with Crippen LogP contribution in [0.2, 0.25) is 0 Å². The molecule has 0 aliphatic rings. The van der Waals surface area contributed by atoms with Gasteiger partial charge in [0, 0.05) is 6.07 Å². The Morgan fingerprint density at radius 1 is 1.33 bits per heavy atom. The second-order valence-electron chi connectivity index (χ2n) is 2.88. The summed E-state index contributed by atoms with van der Waals surface area (Å²) in [6.07, 6.45) is -5.08. The van der Waals surface area contributed by atoms with Gasteiger partial charge in [-0.25, -0.2) is 9.18 Å². The third-order valence-electron chi connectivity index (χ3n) is 1.49. The zero-order chi connectivity index (χ0) is 14.5. The molecule has 9 heteroatoms. The van der Waals surface area contributed by atoms with Gasteiger partial charge in [-0.05, 0) is 12.1 Å². The molecule has 0 spiro atoms. The Balaban J connectivity index is 0.000000360. The minimum Gasteiger partial charge on any atom is -0.508 e. The van der Waals surface area contributed by atoms with Crippen molar-refractivity contribution in [2.45, 2.75) is 6.18 Å². The van der Waals surface area contributed by atoms with Crippen molar-refractivity contribution >= 4 is 11.8 Å². The fourth-order valence-corrected chi connectivity index (χ4v) is 0.722. The lowest BCUT2D eigenvalue weighted by Crippen LogP contribution is -2.21. The van der Waals surface area contributed by atoms with Crippen LogP contribution in [-0.4, -0.2) is 28.2 Å². The molecule has 1 aromatic rings. The predicted molar refractivity (Wildman–Crippen MR) is 52.8 cm³/mol. The van der Waals surface area contributed by atoms with E-state index in [1.54, 1.807) is 0 Å². The zero-order valence-corrected chi connectivity index (χ0v) is 8.62. The Morgan fingerprint density at radius 3 is 2.06 bits per heavy atom. The highest BCUT2D eigenvalue weighted by atomic mass is 19.4. The third kappa shape index (κ3) is 5.14. The Hall–Kier alpha value is -2.32. The number of nitrogens with one attached hydrogen (secondary N) is 1. The molecule has 5 N–H and O–H groups in total. The molecule has 0 fully saturated rings. The number of aromatic hydroxyl groups is 1. The van der Waals surface area contributed by atoms with Crippen molar-refractivity contribution in [1.29, 1.82) is 5.41 Å². The summed E-state index contributed by atoms with van der Waals surface area (Å²) in [7, 11) is 0. The molecule has 100 valence electrons. The van der Waals surface area contributed by atoms with Crippen LogP contribution in [0.4, 0.5) is 17.6 Å². The lowest BCUT2D eigenvalue weighted by Gasteiger charge is -1.99. The van der Waals surface area contributed by atoms with E-state index >= 15 is 0 Å². The van der Waals surface area contributed by atoms with Gasteiger partial charge in [0.05, 0.1) is 5.56 Å². The third-order valence-corrected chi connectivity index (χ3v) is 1.49. The van der Waals surface area contributed by atoms with Gasteiger partial charge in [-0.3, -0.25) is 5.41 Å². The molecule has 1 rings (SSSR count). The average molecular weight is 268 g/mol. The van der Waals surface area contributed by atoms with Crippen molar-refractivity contribution in [1.82, 2.24) is 0 Å².